The molecule has 1 unspecified atom stereocenters. The minimum Gasteiger partial charge on any atom is -0.158 e. The first-order valence-electron chi connectivity index (χ1n) is 4.42. The summed E-state index contributed by atoms with van der Waals surface area (Å²) in [5.74, 6) is 1.28. The van der Waals surface area contributed by atoms with Crippen LogP contribution in [0.25, 0.3) is 0 Å². The normalized spacial score (nSPS) is 20.6. The minimum atomic E-state index is 0.457. The zero-order valence-electron chi connectivity index (χ0n) is 7.40. The van der Waals surface area contributed by atoms with Crippen LogP contribution in [-0.4, -0.2) is 11.0 Å². The molecule has 76 valence electrons. The molecule has 0 aromatic heterocycles. The molecule has 0 aliphatic carbocycles. The van der Waals surface area contributed by atoms with E-state index in [1.165, 1.54) is 17.7 Å². The highest BCUT2D eigenvalue weighted by molar-refractivity contribution is 8.01. The van der Waals surface area contributed by atoms with Crippen LogP contribution in [0.4, 0.5) is 0 Å². The van der Waals surface area contributed by atoms with Gasteiger partial charge in [0, 0.05) is 5.25 Å². The summed E-state index contributed by atoms with van der Waals surface area (Å²) in [6.07, 6.45) is 2.34. The third-order valence-electron chi connectivity index (χ3n) is 2.30. The molecule has 0 radical (unpaired) electrons. The summed E-state index contributed by atoms with van der Waals surface area (Å²) in [5.41, 5.74) is 1.18. The second-order valence-corrected chi connectivity index (χ2v) is 5.96. The Balaban J connectivity index is 2.17. The standard InChI is InChI=1S/C10H9Cl3S/c11-8-4-6(3-7-1-2-14-7)5-9(12)10(8)13/h4-5,7H,1-3H2. The average molecular weight is 268 g/mol. The minimum absolute atomic E-state index is 0.457. The van der Waals surface area contributed by atoms with E-state index < -0.39 is 0 Å². The molecule has 2 rings (SSSR count). The molecule has 1 aromatic rings. The predicted molar refractivity (Wildman–Crippen MR) is 66.0 cm³/mol. The molecule has 1 aliphatic heterocycles. The Morgan fingerprint density at radius 2 is 1.79 bits per heavy atom. The van der Waals surface area contributed by atoms with Gasteiger partial charge in [-0.15, -0.1) is 0 Å². The third kappa shape index (κ3) is 2.33. The lowest BCUT2D eigenvalue weighted by Gasteiger charge is -2.24. The van der Waals surface area contributed by atoms with E-state index in [1.807, 2.05) is 23.9 Å². The maximum Gasteiger partial charge on any atom is 0.0778 e. The Kier molecular flexibility index (Phi) is 3.54. The van der Waals surface area contributed by atoms with E-state index >= 15 is 0 Å². The lowest BCUT2D eigenvalue weighted by atomic mass is 10.1. The van der Waals surface area contributed by atoms with Crippen LogP contribution in [0.2, 0.25) is 15.1 Å². The molecule has 0 N–H and O–H groups in total. The Bertz CT molecular complexity index is 324. The van der Waals surface area contributed by atoms with Gasteiger partial charge in [-0.25, -0.2) is 0 Å². The fraction of sp³-hybridized carbons (Fsp3) is 0.400. The highest BCUT2D eigenvalue weighted by Crippen LogP contribution is 2.35. The van der Waals surface area contributed by atoms with Crippen molar-refractivity contribution in [1.29, 1.82) is 0 Å². The lowest BCUT2D eigenvalue weighted by molar-refractivity contribution is 0.779. The fourth-order valence-corrected chi connectivity index (χ4v) is 2.95. The fourth-order valence-electron chi connectivity index (χ4n) is 1.43. The SMILES string of the molecule is Clc1cc(CC2CCS2)cc(Cl)c1Cl. The monoisotopic (exact) mass is 266 g/mol. The van der Waals surface area contributed by atoms with E-state index in [4.69, 9.17) is 34.8 Å². The Hall–Kier alpha value is 0.440. The molecule has 0 spiro atoms. The molecule has 0 amide bonds. The van der Waals surface area contributed by atoms with Crippen molar-refractivity contribution >= 4 is 46.6 Å². The van der Waals surface area contributed by atoms with Gasteiger partial charge in [0.1, 0.15) is 0 Å². The second-order valence-electron chi connectivity index (χ2n) is 3.36. The summed E-state index contributed by atoms with van der Waals surface area (Å²) in [7, 11) is 0. The van der Waals surface area contributed by atoms with Gasteiger partial charge in [0.15, 0.2) is 0 Å². The van der Waals surface area contributed by atoms with Gasteiger partial charge in [0.05, 0.1) is 15.1 Å². The van der Waals surface area contributed by atoms with Crippen molar-refractivity contribution in [2.75, 3.05) is 5.75 Å². The summed E-state index contributed by atoms with van der Waals surface area (Å²) >= 11 is 19.7. The van der Waals surface area contributed by atoms with E-state index in [-0.39, 0.29) is 0 Å². The van der Waals surface area contributed by atoms with Crippen LogP contribution in [0.3, 0.4) is 0 Å². The zero-order valence-corrected chi connectivity index (χ0v) is 10.5. The number of benzene rings is 1. The molecule has 0 nitrogen and oxygen atoms in total. The van der Waals surface area contributed by atoms with E-state index in [1.54, 1.807) is 0 Å². The summed E-state index contributed by atoms with van der Waals surface area (Å²) in [4.78, 5) is 0. The largest absolute Gasteiger partial charge is 0.158 e. The highest BCUT2D eigenvalue weighted by Gasteiger charge is 2.19. The smallest absolute Gasteiger partial charge is 0.0778 e. The number of rotatable bonds is 2. The van der Waals surface area contributed by atoms with Gasteiger partial charge in [-0.05, 0) is 36.3 Å². The molecular formula is C10H9Cl3S. The average Bonchev–Trinajstić information content (AvgIpc) is 2.07. The van der Waals surface area contributed by atoms with Gasteiger partial charge in [-0.1, -0.05) is 34.8 Å². The molecule has 1 saturated heterocycles. The number of hydrogen-bond donors (Lipinski definition) is 0. The van der Waals surface area contributed by atoms with Gasteiger partial charge >= 0.3 is 0 Å². The number of thioether (sulfide) groups is 1. The first-order chi connectivity index (χ1) is 6.66. The molecule has 0 saturated carbocycles. The molecule has 1 aliphatic rings. The van der Waals surface area contributed by atoms with Gasteiger partial charge in [-0.2, -0.15) is 11.8 Å². The van der Waals surface area contributed by atoms with Crippen LogP contribution < -0.4 is 0 Å². The van der Waals surface area contributed by atoms with Crippen molar-refractivity contribution in [2.45, 2.75) is 18.1 Å². The molecule has 1 heterocycles. The van der Waals surface area contributed by atoms with Crippen molar-refractivity contribution in [3.05, 3.63) is 32.8 Å². The maximum atomic E-state index is 5.94. The first-order valence-corrected chi connectivity index (χ1v) is 6.60. The van der Waals surface area contributed by atoms with E-state index in [2.05, 4.69) is 0 Å². The predicted octanol–water partition coefficient (Wildman–Crippen LogP) is 4.69. The molecule has 4 heteroatoms. The van der Waals surface area contributed by atoms with E-state index in [9.17, 15) is 0 Å². The Labute approximate surface area is 103 Å². The van der Waals surface area contributed by atoms with E-state index in [0.717, 1.165) is 11.7 Å². The molecule has 14 heavy (non-hydrogen) atoms. The van der Waals surface area contributed by atoms with Crippen LogP contribution in [0, 0.1) is 0 Å². The molecule has 1 atom stereocenters. The Morgan fingerprint density at radius 3 is 2.21 bits per heavy atom. The highest BCUT2D eigenvalue weighted by atomic mass is 35.5. The lowest BCUT2D eigenvalue weighted by Crippen LogP contribution is -2.17. The van der Waals surface area contributed by atoms with Gasteiger partial charge < -0.3 is 0 Å². The summed E-state index contributed by atoms with van der Waals surface area (Å²) in [6.45, 7) is 0. The summed E-state index contributed by atoms with van der Waals surface area (Å²) in [5, 5.41) is 2.30. The van der Waals surface area contributed by atoms with Gasteiger partial charge in [0.25, 0.3) is 0 Å². The first kappa shape index (κ1) is 10.9. The van der Waals surface area contributed by atoms with Crippen LogP contribution >= 0.6 is 46.6 Å². The van der Waals surface area contributed by atoms with Crippen LogP contribution in [-0.2, 0) is 6.42 Å². The van der Waals surface area contributed by atoms with Crippen molar-refractivity contribution in [3.63, 3.8) is 0 Å². The van der Waals surface area contributed by atoms with Crippen molar-refractivity contribution in [2.24, 2.45) is 0 Å². The number of hydrogen-bond acceptors (Lipinski definition) is 1. The van der Waals surface area contributed by atoms with Crippen LogP contribution in [0.15, 0.2) is 12.1 Å². The zero-order chi connectivity index (χ0) is 10.1. The molecule has 0 bridgehead atoms. The van der Waals surface area contributed by atoms with Crippen molar-refractivity contribution in [3.8, 4) is 0 Å². The topological polar surface area (TPSA) is 0 Å². The van der Waals surface area contributed by atoms with Gasteiger partial charge in [0.2, 0.25) is 0 Å². The van der Waals surface area contributed by atoms with Crippen molar-refractivity contribution < 1.29 is 0 Å². The summed E-state index contributed by atoms with van der Waals surface area (Å²) < 4.78 is 0. The summed E-state index contributed by atoms with van der Waals surface area (Å²) in [6, 6.07) is 3.82. The van der Waals surface area contributed by atoms with Crippen LogP contribution in [0.5, 0.6) is 0 Å². The Morgan fingerprint density at radius 1 is 1.21 bits per heavy atom. The van der Waals surface area contributed by atoms with Crippen LogP contribution in [0.1, 0.15) is 12.0 Å². The van der Waals surface area contributed by atoms with Gasteiger partial charge in [-0.3, -0.25) is 0 Å². The number of halogens is 3. The quantitative estimate of drug-likeness (QED) is 0.700. The van der Waals surface area contributed by atoms with E-state index in [0.29, 0.717) is 15.1 Å². The maximum absolute atomic E-state index is 5.94. The molecule has 1 fully saturated rings. The second kappa shape index (κ2) is 4.52. The molecule has 1 aromatic carbocycles. The third-order valence-corrected chi connectivity index (χ3v) is 4.84. The molecular weight excluding hydrogens is 259 g/mol. The van der Waals surface area contributed by atoms with Crippen molar-refractivity contribution in [1.82, 2.24) is 0 Å².